The zero-order chi connectivity index (χ0) is 18.2. The van der Waals surface area contributed by atoms with Gasteiger partial charge in [-0.2, -0.15) is 0 Å². The average Bonchev–Trinajstić information content (AvgIpc) is 2.60. The molecule has 25 heavy (non-hydrogen) atoms. The van der Waals surface area contributed by atoms with Crippen molar-refractivity contribution in [1.82, 2.24) is 5.32 Å². The van der Waals surface area contributed by atoms with E-state index in [0.29, 0.717) is 22.0 Å². The van der Waals surface area contributed by atoms with E-state index in [-0.39, 0.29) is 24.5 Å². The molecule has 0 aliphatic rings. The van der Waals surface area contributed by atoms with Gasteiger partial charge in [0.1, 0.15) is 5.75 Å². The highest BCUT2D eigenvalue weighted by molar-refractivity contribution is 6.30. The van der Waals surface area contributed by atoms with Crippen LogP contribution in [0.1, 0.15) is 30.6 Å². The van der Waals surface area contributed by atoms with Crippen LogP contribution in [0.3, 0.4) is 0 Å². The molecule has 0 aromatic heterocycles. The van der Waals surface area contributed by atoms with Crippen molar-refractivity contribution in [2.24, 2.45) is 0 Å². The first-order chi connectivity index (χ1) is 12.0. The Labute approximate surface area is 152 Å². The summed E-state index contributed by atoms with van der Waals surface area (Å²) in [6.45, 7) is 3.74. The third kappa shape index (κ3) is 5.80. The molecular weight excluding hydrogens is 340 g/mol. The Balaban J connectivity index is 1.99. The predicted molar refractivity (Wildman–Crippen MR) is 99.2 cm³/mol. The Bertz CT molecular complexity index is 749. The van der Waals surface area contributed by atoms with Crippen molar-refractivity contribution in [1.29, 1.82) is 0 Å². The van der Waals surface area contributed by atoms with E-state index in [1.807, 2.05) is 13.8 Å². The van der Waals surface area contributed by atoms with Gasteiger partial charge >= 0.3 is 0 Å². The number of amides is 2. The first-order valence-corrected chi connectivity index (χ1v) is 8.45. The van der Waals surface area contributed by atoms with E-state index in [9.17, 15) is 9.59 Å². The van der Waals surface area contributed by atoms with Crippen LogP contribution in [0.25, 0.3) is 0 Å². The lowest BCUT2D eigenvalue weighted by atomic mass is 10.1. The summed E-state index contributed by atoms with van der Waals surface area (Å²) in [5, 5.41) is 6.13. The number of ether oxygens (including phenoxy) is 1. The summed E-state index contributed by atoms with van der Waals surface area (Å²) in [5.74, 6) is -0.0739. The van der Waals surface area contributed by atoms with Crippen LogP contribution in [-0.2, 0) is 4.79 Å². The van der Waals surface area contributed by atoms with Gasteiger partial charge in [-0.3, -0.25) is 9.59 Å². The maximum atomic E-state index is 12.3. The first kappa shape index (κ1) is 18.8. The van der Waals surface area contributed by atoms with E-state index in [1.165, 1.54) is 0 Å². The molecule has 0 unspecified atom stereocenters. The second-order valence-corrected chi connectivity index (χ2v) is 6.06. The summed E-state index contributed by atoms with van der Waals surface area (Å²) in [6.07, 6.45) is 0.827. The lowest BCUT2D eigenvalue weighted by Crippen LogP contribution is -2.33. The van der Waals surface area contributed by atoms with Gasteiger partial charge in [0.15, 0.2) is 6.61 Å². The van der Waals surface area contributed by atoms with Crippen LogP contribution in [0, 0.1) is 0 Å². The van der Waals surface area contributed by atoms with Gasteiger partial charge < -0.3 is 15.4 Å². The minimum atomic E-state index is -0.358. The summed E-state index contributed by atoms with van der Waals surface area (Å²) in [4.78, 5) is 24.4. The minimum absolute atomic E-state index is 0.0578. The first-order valence-electron chi connectivity index (χ1n) is 8.07. The van der Waals surface area contributed by atoms with Gasteiger partial charge in [-0.1, -0.05) is 36.7 Å². The Hall–Kier alpha value is -2.53. The number of para-hydroxylation sites is 1. The Morgan fingerprint density at radius 2 is 1.92 bits per heavy atom. The molecule has 0 saturated heterocycles. The molecule has 2 rings (SSSR count). The zero-order valence-electron chi connectivity index (χ0n) is 14.2. The molecule has 0 saturated carbocycles. The molecule has 2 aromatic carbocycles. The quantitative estimate of drug-likeness (QED) is 0.787. The number of rotatable bonds is 7. The van der Waals surface area contributed by atoms with Crippen molar-refractivity contribution < 1.29 is 14.3 Å². The maximum Gasteiger partial charge on any atom is 0.262 e. The van der Waals surface area contributed by atoms with E-state index in [0.717, 1.165) is 6.42 Å². The smallest absolute Gasteiger partial charge is 0.262 e. The largest absolute Gasteiger partial charge is 0.484 e. The summed E-state index contributed by atoms with van der Waals surface area (Å²) in [6, 6.07) is 13.7. The summed E-state index contributed by atoms with van der Waals surface area (Å²) >= 11 is 5.87. The van der Waals surface area contributed by atoms with E-state index >= 15 is 0 Å². The number of hydrogen-bond acceptors (Lipinski definition) is 3. The molecule has 1 atom stereocenters. The van der Waals surface area contributed by atoms with Crippen molar-refractivity contribution in [2.75, 3.05) is 11.9 Å². The van der Waals surface area contributed by atoms with Crippen molar-refractivity contribution in [3.8, 4) is 5.75 Å². The number of benzene rings is 2. The highest BCUT2D eigenvalue weighted by Crippen LogP contribution is 2.18. The van der Waals surface area contributed by atoms with Crippen molar-refractivity contribution in [3.05, 3.63) is 59.1 Å². The fourth-order valence-corrected chi connectivity index (χ4v) is 2.27. The number of halogens is 1. The normalized spacial score (nSPS) is 11.5. The molecule has 0 fully saturated rings. The van der Waals surface area contributed by atoms with E-state index in [4.69, 9.17) is 16.3 Å². The minimum Gasteiger partial charge on any atom is -0.484 e. The molecule has 0 aliphatic heterocycles. The van der Waals surface area contributed by atoms with Gasteiger partial charge in [0.25, 0.3) is 11.8 Å². The van der Waals surface area contributed by atoms with Crippen LogP contribution in [-0.4, -0.2) is 24.5 Å². The van der Waals surface area contributed by atoms with E-state index in [2.05, 4.69) is 10.6 Å². The summed E-state index contributed by atoms with van der Waals surface area (Å²) < 4.78 is 5.41. The molecular formula is C19H21ClN2O3. The van der Waals surface area contributed by atoms with Crippen molar-refractivity contribution in [2.45, 2.75) is 26.3 Å². The highest BCUT2D eigenvalue weighted by Gasteiger charge is 2.14. The molecule has 2 N–H and O–H groups in total. The van der Waals surface area contributed by atoms with E-state index < -0.39 is 0 Å². The standard InChI is InChI=1S/C19H21ClN2O3/c1-3-13(2)21-19(24)16-9-4-5-10-17(16)22-18(23)12-25-15-8-6-7-14(20)11-15/h4-11,13H,3,12H2,1-2H3,(H,21,24)(H,22,23)/t13-/m0/s1. The fourth-order valence-electron chi connectivity index (χ4n) is 2.09. The van der Waals surface area contributed by atoms with Gasteiger partial charge in [-0.25, -0.2) is 0 Å². The molecule has 6 heteroatoms. The maximum absolute atomic E-state index is 12.3. The Kier molecular flexibility index (Phi) is 6.83. The number of nitrogens with one attached hydrogen (secondary N) is 2. The number of anilines is 1. The van der Waals surface area contributed by atoms with Crippen molar-refractivity contribution >= 4 is 29.1 Å². The van der Waals surface area contributed by atoms with Gasteiger partial charge in [0.05, 0.1) is 11.3 Å². The van der Waals surface area contributed by atoms with E-state index in [1.54, 1.807) is 48.5 Å². The third-order valence-corrected chi connectivity index (χ3v) is 3.84. The molecule has 5 nitrogen and oxygen atoms in total. The number of hydrogen-bond donors (Lipinski definition) is 2. The molecule has 0 bridgehead atoms. The lowest BCUT2D eigenvalue weighted by Gasteiger charge is -2.15. The summed E-state index contributed by atoms with van der Waals surface area (Å²) in [7, 11) is 0. The van der Waals surface area contributed by atoms with Crippen molar-refractivity contribution in [3.63, 3.8) is 0 Å². The molecule has 0 aliphatic carbocycles. The average molecular weight is 361 g/mol. The SMILES string of the molecule is CC[C@H](C)NC(=O)c1ccccc1NC(=O)COc1cccc(Cl)c1. The van der Waals surface area contributed by atoms with Crippen LogP contribution >= 0.6 is 11.6 Å². The molecule has 2 aromatic rings. The molecule has 0 heterocycles. The third-order valence-electron chi connectivity index (χ3n) is 3.60. The second-order valence-electron chi connectivity index (χ2n) is 5.62. The molecule has 2 amide bonds. The van der Waals surface area contributed by atoms with Gasteiger partial charge in [-0.05, 0) is 43.7 Å². The second kappa shape index (κ2) is 9.08. The predicted octanol–water partition coefficient (Wildman–Crippen LogP) is 3.89. The van der Waals surface area contributed by atoms with Gasteiger partial charge in [0.2, 0.25) is 0 Å². The monoisotopic (exact) mass is 360 g/mol. The summed E-state index contributed by atoms with van der Waals surface area (Å²) in [5.41, 5.74) is 0.863. The fraction of sp³-hybridized carbons (Fsp3) is 0.263. The molecule has 0 spiro atoms. The Morgan fingerprint density at radius 1 is 1.16 bits per heavy atom. The van der Waals surface area contributed by atoms with Gasteiger partial charge in [-0.15, -0.1) is 0 Å². The zero-order valence-corrected chi connectivity index (χ0v) is 15.0. The van der Waals surface area contributed by atoms with Gasteiger partial charge in [0, 0.05) is 11.1 Å². The number of carbonyl (C=O) groups is 2. The van der Waals surface area contributed by atoms with Crippen LogP contribution in [0.2, 0.25) is 5.02 Å². The molecule has 0 radical (unpaired) electrons. The van der Waals surface area contributed by atoms with Crippen LogP contribution in [0.5, 0.6) is 5.75 Å². The topological polar surface area (TPSA) is 67.4 Å². The lowest BCUT2D eigenvalue weighted by molar-refractivity contribution is -0.118. The Morgan fingerprint density at radius 3 is 2.64 bits per heavy atom. The highest BCUT2D eigenvalue weighted by atomic mass is 35.5. The van der Waals surface area contributed by atoms with Crippen LogP contribution in [0.4, 0.5) is 5.69 Å². The van der Waals surface area contributed by atoms with Crippen LogP contribution < -0.4 is 15.4 Å². The molecule has 132 valence electrons. The number of carbonyl (C=O) groups excluding carboxylic acids is 2. The van der Waals surface area contributed by atoms with Crippen LogP contribution in [0.15, 0.2) is 48.5 Å².